The number of hydrogen-bond donors (Lipinski definition) is 2. The third-order valence-corrected chi connectivity index (χ3v) is 5.89. The molecule has 0 radical (unpaired) electrons. The van der Waals surface area contributed by atoms with E-state index >= 15 is 0 Å². The lowest BCUT2D eigenvalue weighted by molar-refractivity contribution is 0.0853. The van der Waals surface area contributed by atoms with E-state index in [4.69, 9.17) is 0 Å². The number of hydrogen-bond acceptors (Lipinski definition) is 3. The van der Waals surface area contributed by atoms with E-state index in [0.29, 0.717) is 11.6 Å². The first-order chi connectivity index (χ1) is 8.67. The Labute approximate surface area is 125 Å². The van der Waals surface area contributed by atoms with Crippen LogP contribution in [0.3, 0.4) is 0 Å². The van der Waals surface area contributed by atoms with Crippen molar-refractivity contribution in [3.8, 4) is 0 Å². The van der Waals surface area contributed by atoms with Crippen LogP contribution >= 0.6 is 33.9 Å². The lowest BCUT2D eigenvalue weighted by atomic mass is 9.70. The fraction of sp³-hybridized carbons (Fsp3) is 0.615. The van der Waals surface area contributed by atoms with Crippen LogP contribution in [0.4, 0.5) is 0 Å². The molecule has 2 fully saturated rings. The van der Waals surface area contributed by atoms with Crippen molar-refractivity contribution in [2.75, 3.05) is 6.54 Å². The van der Waals surface area contributed by atoms with Gasteiger partial charge >= 0.3 is 0 Å². The molecule has 1 aromatic rings. The number of thiophene rings is 1. The van der Waals surface area contributed by atoms with Gasteiger partial charge in [-0.1, -0.05) is 0 Å². The molecule has 0 bridgehead atoms. The Hall–Kier alpha value is -0.140. The molecule has 0 aromatic carbocycles. The van der Waals surface area contributed by atoms with Gasteiger partial charge in [-0.05, 0) is 67.3 Å². The van der Waals surface area contributed by atoms with Crippen LogP contribution in [-0.4, -0.2) is 24.0 Å². The van der Waals surface area contributed by atoms with Crippen molar-refractivity contribution in [3.63, 3.8) is 0 Å². The lowest BCUT2D eigenvalue weighted by Gasteiger charge is -2.48. The standard InChI is InChI=1S/C13H17IN2OS/c14-11-6-9(8-18-11)12(17)16-10-2-5-15-13(7-10)3-1-4-13/h6,8,10,15H,1-5,7H2,(H,16,17). The molecule has 1 spiro atoms. The van der Waals surface area contributed by atoms with Gasteiger partial charge in [-0.15, -0.1) is 11.3 Å². The second kappa shape index (κ2) is 5.09. The van der Waals surface area contributed by atoms with E-state index in [0.717, 1.165) is 24.9 Å². The Bertz CT molecular complexity index is 456. The highest BCUT2D eigenvalue weighted by Gasteiger charge is 2.41. The van der Waals surface area contributed by atoms with E-state index in [1.165, 1.54) is 22.1 Å². The largest absolute Gasteiger partial charge is 0.349 e. The minimum absolute atomic E-state index is 0.0931. The van der Waals surface area contributed by atoms with E-state index < -0.39 is 0 Å². The molecule has 1 aromatic heterocycles. The molecular weight excluding hydrogens is 359 g/mol. The molecule has 1 amide bonds. The normalized spacial score (nSPS) is 25.7. The van der Waals surface area contributed by atoms with Crippen molar-refractivity contribution >= 4 is 39.8 Å². The third-order valence-electron chi connectivity index (χ3n) is 4.11. The Morgan fingerprint density at radius 1 is 1.56 bits per heavy atom. The number of rotatable bonds is 2. The molecule has 98 valence electrons. The van der Waals surface area contributed by atoms with Gasteiger partial charge in [0.25, 0.3) is 5.91 Å². The Morgan fingerprint density at radius 2 is 2.39 bits per heavy atom. The van der Waals surface area contributed by atoms with Crippen LogP contribution < -0.4 is 10.6 Å². The SMILES string of the molecule is O=C(NC1CCNC2(CCC2)C1)c1csc(I)c1. The number of amides is 1. The molecule has 2 aliphatic rings. The predicted octanol–water partition coefficient (Wildman–Crippen LogP) is 2.76. The molecule has 3 nitrogen and oxygen atoms in total. The molecule has 1 saturated carbocycles. The molecular formula is C13H17IN2OS. The maximum Gasteiger partial charge on any atom is 0.252 e. The Kier molecular flexibility index (Phi) is 3.64. The monoisotopic (exact) mass is 376 g/mol. The highest BCUT2D eigenvalue weighted by molar-refractivity contribution is 14.1. The topological polar surface area (TPSA) is 41.1 Å². The highest BCUT2D eigenvalue weighted by Crippen LogP contribution is 2.38. The molecule has 1 unspecified atom stereocenters. The number of nitrogens with one attached hydrogen (secondary N) is 2. The average molecular weight is 376 g/mol. The zero-order valence-electron chi connectivity index (χ0n) is 10.2. The van der Waals surface area contributed by atoms with Crippen LogP contribution in [0.25, 0.3) is 0 Å². The molecule has 2 heterocycles. The summed E-state index contributed by atoms with van der Waals surface area (Å²) in [5.41, 5.74) is 1.16. The van der Waals surface area contributed by atoms with Crippen molar-refractivity contribution in [1.29, 1.82) is 0 Å². The van der Waals surface area contributed by atoms with Crippen molar-refractivity contribution in [1.82, 2.24) is 10.6 Å². The van der Waals surface area contributed by atoms with Crippen LogP contribution in [0.15, 0.2) is 11.4 Å². The average Bonchev–Trinajstić information content (AvgIpc) is 2.74. The van der Waals surface area contributed by atoms with Gasteiger partial charge in [-0.3, -0.25) is 4.79 Å². The highest BCUT2D eigenvalue weighted by atomic mass is 127. The number of piperidine rings is 1. The van der Waals surface area contributed by atoms with E-state index in [9.17, 15) is 4.79 Å². The zero-order chi connectivity index (χ0) is 12.6. The third kappa shape index (κ3) is 2.58. The summed E-state index contributed by atoms with van der Waals surface area (Å²) in [7, 11) is 0. The van der Waals surface area contributed by atoms with E-state index in [1.807, 2.05) is 11.4 Å². The first kappa shape index (κ1) is 12.9. The second-order valence-electron chi connectivity index (χ2n) is 5.36. The van der Waals surface area contributed by atoms with Crippen LogP contribution in [0.2, 0.25) is 0 Å². The van der Waals surface area contributed by atoms with Crippen molar-refractivity contribution < 1.29 is 4.79 Å². The maximum atomic E-state index is 12.1. The summed E-state index contributed by atoms with van der Waals surface area (Å²) in [6.07, 6.45) is 6.02. The van der Waals surface area contributed by atoms with Crippen LogP contribution in [0.5, 0.6) is 0 Å². The fourth-order valence-corrected chi connectivity index (χ4v) is 4.29. The summed E-state index contributed by atoms with van der Waals surface area (Å²) in [4.78, 5) is 12.1. The molecule has 5 heteroatoms. The van der Waals surface area contributed by atoms with E-state index in [1.54, 1.807) is 11.3 Å². The fourth-order valence-electron chi connectivity index (χ4n) is 2.96. The first-order valence-corrected chi connectivity index (χ1v) is 8.43. The summed E-state index contributed by atoms with van der Waals surface area (Å²) in [5, 5.41) is 8.77. The molecule has 1 aliphatic heterocycles. The number of carbonyl (C=O) groups is 1. The van der Waals surface area contributed by atoms with Gasteiger partial charge < -0.3 is 10.6 Å². The van der Waals surface area contributed by atoms with Gasteiger partial charge in [-0.2, -0.15) is 0 Å². The van der Waals surface area contributed by atoms with Crippen molar-refractivity contribution in [3.05, 3.63) is 19.9 Å². The lowest BCUT2D eigenvalue weighted by Crippen LogP contribution is -2.59. The quantitative estimate of drug-likeness (QED) is 0.780. The van der Waals surface area contributed by atoms with Gasteiger partial charge in [0.05, 0.1) is 8.45 Å². The summed E-state index contributed by atoms with van der Waals surface area (Å²) in [5.74, 6) is 0.0931. The molecule has 18 heavy (non-hydrogen) atoms. The first-order valence-electron chi connectivity index (χ1n) is 6.47. The summed E-state index contributed by atoms with van der Waals surface area (Å²) in [6, 6.07) is 2.30. The molecule has 1 atom stereocenters. The van der Waals surface area contributed by atoms with Crippen molar-refractivity contribution in [2.45, 2.75) is 43.7 Å². The molecule has 1 saturated heterocycles. The van der Waals surface area contributed by atoms with Crippen molar-refractivity contribution in [2.24, 2.45) is 0 Å². The van der Waals surface area contributed by atoms with Gasteiger partial charge in [0.1, 0.15) is 0 Å². The molecule has 3 rings (SSSR count). The summed E-state index contributed by atoms with van der Waals surface area (Å²) in [6.45, 7) is 1.03. The van der Waals surface area contributed by atoms with E-state index in [-0.39, 0.29) is 5.91 Å². The Balaban J connectivity index is 1.60. The van der Waals surface area contributed by atoms with Gasteiger partial charge in [0, 0.05) is 17.0 Å². The van der Waals surface area contributed by atoms with Crippen LogP contribution in [-0.2, 0) is 0 Å². The minimum atomic E-state index is 0.0931. The number of carbonyl (C=O) groups excluding carboxylic acids is 1. The van der Waals surface area contributed by atoms with Crippen LogP contribution in [0, 0.1) is 2.88 Å². The smallest absolute Gasteiger partial charge is 0.252 e. The van der Waals surface area contributed by atoms with Crippen LogP contribution in [0.1, 0.15) is 42.5 Å². The van der Waals surface area contributed by atoms with Gasteiger partial charge in [0.2, 0.25) is 0 Å². The molecule has 1 aliphatic carbocycles. The Morgan fingerprint density at radius 3 is 3.00 bits per heavy atom. The summed E-state index contributed by atoms with van der Waals surface area (Å²) >= 11 is 3.88. The number of halogens is 1. The predicted molar refractivity (Wildman–Crippen MR) is 82.1 cm³/mol. The zero-order valence-corrected chi connectivity index (χ0v) is 13.1. The molecule has 2 N–H and O–H groups in total. The van der Waals surface area contributed by atoms with Gasteiger partial charge in [-0.25, -0.2) is 0 Å². The maximum absolute atomic E-state index is 12.1. The minimum Gasteiger partial charge on any atom is -0.349 e. The van der Waals surface area contributed by atoms with Gasteiger partial charge in [0.15, 0.2) is 0 Å². The second-order valence-corrected chi connectivity index (χ2v) is 8.17. The van der Waals surface area contributed by atoms with E-state index in [2.05, 4.69) is 33.2 Å². The summed E-state index contributed by atoms with van der Waals surface area (Å²) < 4.78 is 1.17.